The van der Waals surface area contributed by atoms with E-state index in [0.29, 0.717) is 31.5 Å². The third kappa shape index (κ3) is 3.12. The van der Waals surface area contributed by atoms with E-state index in [4.69, 9.17) is 0 Å². The molecule has 1 spiro atoms. The number of aryl methyl sites for hydroxylation is 1. The number of para-hydroxylation sites is 1. The first kappa shape index (κ1) is 17.4. The number of anilines is 2. The molecule has 2 heterocycles. The first-order valence-corrected chi connectivity index (χ1v) is 9.26. The van der Waals surface area contributed by atoms with Crippen LogP contribution in [0.25, 0.3) is 0 Å². The molecule has 0 unspecified atom stereocenters. The Kier molecular flexibility index (Phi) is 4.26. The van der Waals surface area contributed by atoms with Gasteiger partial charge < -0.3 is 20.4 Å². The van der Waals surface area contributed by atoms with E-state index < -0.39 is 5.66 Å². The van der Waals surface area contributed by atoms with Gasteiger partial charge in [-0.1, -0.05) is 24.3 Å². The van der Waals surface area contributed by atoms with Gasteiger partial charge in [0.2, 0.25) is 0 Å². The molecule has 1 fully saturated rings. The second kappa shape index (κ2) is 6.61. The number of nitrogens with zero attached hydrogens (tertiary/aromatic N) is 2. The number of urea groups is 1. The fourth-order valence-electron chi connectivity index (χ4n) is 4.02. The van der Waals surface area contributed by atoms with Crippen LogP contribution in [-0.2, 0) is 0 Å². The zero-order valence-electron chi connectivity index (χ0n) is 15.7. The van der Waals surface area contributed by atoms with Crippen LogP contribution in [-0.4, -0.2) is 42.6 Å². The molecule has 6 heteroatoms. The quantitative estimate of drug-likeness (QED) is 0.817. The van der Waals surface area contributed by atoms with Gasteiger partial charge in [-0.3, -0.25) is 4.79 Å². The molecule has 0 radical (unpaired) electrons. The van der Waals surface area contributed by atoms with Crippen molar-refractivity contribution in [2.24, 2.45) is 0 Å². The second-order valence-electron chi connectivity index (χ2n) is 7.35. The highest BCUT2D eigenvalue weighted by Crippen LogP contribution is 2.36. The van der Waals surface area contributed by atoms with Gasteiger partial charge in [0.1, 0.15) is 5.66 Å². The minimum absolute atomic E-state index is 0.0404. The lowest BCUT2D eigenvalue weighted by atomic mass is 9.90. The molecular formula is C21H24N4O2. The molecule has 2 aromatic carbocycles. The summed E-state index contributed by atoms with van der Waals surface area (Å²) in [5.74, 6) is -0.0404. The summed E-state index contributed by atoms with van der Waals surface area (Å²) in [5.41, 5.74) is 3.11. The van der Waals surface area contributed by atoms with E-state index in [1.165, 1.54) is 0 Å². The normalized spacial score (nSPS) is 18.1. The highest BCUT2D eigenvalue weighted by atomic mass is 16.2. The van der Waals surface area contributed by atoms with Gasteiger partial charge in [-0.2, -0.15) is 0 Å². The van der Waals surface area contributed by atoms with Crippen LogP contribution in [0.1, 0.15) is 28.8 Å². The van der Waals surface area contributed by atoms with Crippen molar-refractivity contribution in [3.63, 3.8) is 0 Å². The molecule has 0 bridgehead atoms. The number of benzene rings is 2. The van der Waals surface area contributed by atoms with Crippen molar-refractivity contribution in [3.05, 3.63) is 59.7 Å². The summed E-state index contributed by atoms with van der Waals surface area (Å²) in [6, 6.07) is 15.3. The molecule has 0 saturated carbocycles. The number of hydrogen-bond acceptors (Lipinski definition) is 3. The largest absolute Gasteiger partial charge is 0.351 e. The van der Waals surface area contributed by atoms with Crippen LogP contribution < -0.4 is 15.5 Å². The third-order valence-corrected chi connectivity index (χ3v) is 5.65. The topological polar surface area (TPSA) is 64.7 Å². The monoisotopic (exact) mass is 364 g/mol. The van der Waals surface area contributed by atoms with Crippen LogP contribution in [0.3, 0.4) is 0 Å². The molecule has 2 aromatic rings. The maximum Gasteiger partial charge on any atom is 0.321 e. The number of rotatable bonds is 1. The molecule has 0 aliphatic carbocycles. The van der Waals surface area contributed by atoms with Crippen molar-refractivity contribution >= 4 is 23.3 Å². The molecule has 3 amide bonds. The molecule has 2 aliphatic rings. The summed E-state index contributed by atoms with van der Waals surface area (Å²) in [7, 11) is 2.01. The minimum atomic E-state index is -0.439. The third-order valence-electron chi connectivity index (χ3n) is 5.65. The average molecular weight is 364 g/mol. The van der Waals surface area contributed by atoms with E-state index in [9.17, 15) is 9.59 Å². The Labute approximate surface area is 159 Å². The lowest BCUT2D eigenvalue weighted by Crippen LogP contribution is -2.67. The van der Waals surface area contributed by atoms with Crippen LogP contribution in [0.4, 0.5) is 16.2 Å². The number of carbonyl (C=O) groups is 2. The number of likely N-dealkylation sites (tertiary alicyclic amines) is 1. The smallest absolute Gasteiger partial charge is 0.321 e. The van der Waals surface area contributed by atoms with Gasteiger partial charge in [0.15, 0.2) is 0 Å². The van der Waals surface area contributed by atoms with E-state index in [2.05, 4.69) is 15.5 Å². The highest BCUT2D eigenvalue weighted by Gasteiger charge is 2.44. The van der Waals surface area contributed by atoms with Crippen molar-refractivity contribution in [3.8, 4) is 0 Å². The minimum Gasteiger partial charge on any atom is -0.351 e. The standard InChI is InChI=1S/C21H24N4O2/c1-15-6-5-7-16(14-15)22-20(27)25-12-10-21(11-13-25)23-19(26)17-8-3-4-9-18(17)24(21)2/h3-9,14H,10-13H2,1-2H3,(H,22,27)(H,23,26). The van der Waals surface area contributed by atoms with Crippen molar-refractivity contribution in [2.75, 3.05) is 30.4 Å². The number of hydrogen-bond donors (Lipinski definition) is 2. The molecular weight excluding hydrogens is 340 g/mol. The van der Waals surface area contributed by atoms with Crippen molar-refractivity contribution in [1.29, 1.82) is 0 Å². The number of fused-ring (bicyclic) bond motifs is 1. The first-order valence-electron chi connectivity index (χ1n) is 9.26. The van der Waals surface area contributed by atoms with Crippen molar-refractivity contribution in [1.82, 2.24) is 10.2 Å². The Morgan fingerprint density at radius 1 is 1.11 bits per heavy atom. The summed E-state index contributed by atoms with van der Waals surface area (Å²) < 4.78 is 0. The summed E-state index contributed by atoms with van der Waals surface area (Å²) in [4.78, 5) is 29.1. The predicted molar refractivity (Wildman–Crippen MR) is 106 cm³/mol. The molecule has 140 valence electrons. The maximum atomic E-state index is 12.6. The highest BCUT2D eigenvalue weighted by molar-refractivity contribution is 6.02. The van der Waals surface area contributed by atoms with Crippen LogP contribution >= 0.6 is 0 Å². The number of amides is 3. The lowest BCUT2D eigenvalue weighted by Gasteiger charge is -2.51. The van der Waals surface area contributed by atoms with Gasteiger partial charge in [-0.05, 0) is 36.8 Å². The van der Waals surface area contributed by atoms with E-state index in [0.717, 1.165) is 16.9 Å². The average Bonchev–Trinajstić information content (AvgIpc) is 2.67. The number of piperidine rings is 1. The number of nitrogens with one attached hydrogen (secondary N) is 2. The van der Waals surface area contributed by atoms with E-state index in [1.54, 1.807) is 0 Å². The summed E-state index contributed by atoms with van der Waals surface area (Å²) in [6.45, 7) is 3.18. The predicted octanol–water partition coefficient (Wildman–Crippen LogP) is 3.20. The molecule has 1 saturated heterocycles. The van der Waals surface area contributed by atoms with Gasteiger partial charge in [0.05, 0.1) is 11.3 Å². The molecule has 6 nitrogen and oxygen atoms in total. The SMILES string of the molecule is Cc1cccc(NC(=O)N2CCC3(CC2)NC(=O)c2ccccc2N3C)c1. The van der Waals surface area contributed by atoms with E-state index in [1.807, 2.05) is 67.4 Å². The van der Waals surface area contributed by atoms with Crippen LogP contribution in [0.2, 0.25) is 0 Å². The van der Waals surface area contributed by atoms with Crippen LogP contribution in [0, 0.1) is 6.92 Å². The van der Waals surface area contributed by atoms with Gasteiger partial charge in [0.25, 0.3) is 5.91 Å². The second-order valence-corrected chi connectivity index (χ2v) is 7.35. The molecule has 4 rings (SSSR count). The summed E-state index contributed by atoms with van der Waals surface area (Å²) >= 11 is 0. The fourth-order valence-corrected chi connectivity index (χ4v) is 4.02. The summed E-state index contributed by atoms with van der Waals surface area (Å²) in [5, 5.41) is 6.15. The lowest BCUT2D eigenvalue weighted by molar-refractivity contribution is 0.0815. The molecule has 27 heavy (non-hydrogen) atoms. The van der Waals surface area contributed by atoms with Gasteiger partial charge >= 0.3 is 6.03 Å². The molecule has 2 aliphatic heterocycles. The Morgan fingerprint density at radius 2 is 1.85 bits per heavy atom. The first-order chi connectivity index (χ1) is 13.0. The van der Waals surface area contributed by atoms with Crippen molar-refractivity contribution < 1.29 is 9.59 Å². The molecule has 2 N–H and O–H groups in total. The van der Waals surface area contributed by atoms with Gasteiger partial charge in [-0.25, -0.2) is 4.79 Å². The van der Waals surface area contributed by atoms with Gasteiger partial charge in [0, 0.05) is 38.7 Å². The Morgan fingerprint density at radius 3 is 2.59 bits per heavy atom. The fraction of sp³-hybridized carbons (Fsp3) is 0.333. The zero-order chi connectivity index (χ0) is 19.0. The van der Waals surface area contributed by atoms with E-state index >= 15 is 0 Å². The Balaban J connectivity index is 1.46. The Bertz CT molecular complexity index is 887. The van der Waals surface area contributed by atoms with E-state index in [-0.39, 0.29) is 11.9 Å². The molecule has 0 atom stereocenters. The van der Waals surface area contributed by atoms with Crippen molar-refractivity contribution in [2.45, 2.75) is 25.4 Å². The Hall–Kier alpha value is -3.02. The molecule has 0 aromatic heterocycles. The van der Waals surface area contributed by atoms with Crippen LogP contribution in [0.5, 0.6) is 0 Å². The zero-order valence-corrected chi connectivity index (χ0v) is 15.7. The number of carbonyl (C=O) groups excluding carboxylic acids is 2. The maximum absolute atomic E-state index is 12.6. The summed E-state index contributed by atoms with van der Waals surface area (Å²) in [6.07, 6.45) is 1.37. The van der Waals surface area contributed by atoms with Crippen LogP contribution in [0.15, 0.2) is 48.5 Å². The van der Waals surface area contributed by atoms with Gasteiger partial charge in [-0.15, -0.1) is 0 Å².